The number of rotatable bonds is 4. The van der Waals surface area contributed by atoms with E-state index in [0.29, 0.717) is 18.1 Å². The highest BCUT2D eigenvalue weighted by Crippen LogP contribution is 2.30. The van der Waals surface area contributed by atoms with Crippen molar-refractivity contribution in [3.05, 3.63) is 36.1 Å². The van der Waals surface area contributed by atoms with Crippen LogP contribution in [0.5, 0.6) is 0 Å². The normalized spacial score (nSPS) is 17.7. The molecule has 0 bridgehead atoms. The number of nitrogens with one attached hydrogen (secondary N) is 2. The molecule has 1 aliphatic heterocycles. The van der Waals surface area contributed by atoms with E-state index in [0.717, 1.165) is 23.1 Å². The second kappa shape index (κ2) is 6.27. The number of pyridine rings is 1. The van der Waals surface area contributed by atoms with Crippen LogP contribution in [0, 0.1) is 0 Å². The van der Waals surface area contributed by atoms with E-state index in [1.165, 1.54) is 0 Å². The van der Waals surface area contributed by atoms with Gasteiger partial charge in [-0.15, -0.1) is 0 Å². The molecule has 1 atom stereocenters. The SMILES string of the molecule is C=CCOC(=O)N1CC[C@@H](Nc2c(Cl)cnc3[nH]ccc23)C1. The van der Waals surface area contributed by atoms with Crippen molar-refractivity contribution in [1.29, 1.82) is 0 Å². The standard InChI is InChI=1S/C15H17ClN4O2/c1-2-7-22-15(21)20-6-4-10(9-20)19-13-11-3-5-17-14(11)18-8-12(13)16/h2-3,5,8,10H,1,4,6-7,9H2,(H2,17,18,19)/t10-/m1/s1. The van der Waals surface area contributed by atoms with Gasteiger partial charge < -0.3 is 19.9 Å². The molecule has 0 aromatic carbocycles. The maximum Gasteiger partial charge on any atom is 0.410 e. The fourth-order valence-corrected chi connectivity index (χ4v) is 2.80. The van der Waals surface area contributed by atoms with E-state index >= 15 is 0 Å². The maximum atomic E-state index is 11.8. The quantitative estimate of drug-likeness (QED) is 0.850. The van der Waals surface area contributed by atoms with Crippen molar-refractivity contribution in [2.75, 3.05) is 25.0 Å². The molecule has 3 heterocycles. The highest BCUT2D eigenvalue weighted by molar-refractivity contribution is 6.34. The fourth-order valence-electron chi connectivity index (χ4n) is 2.60. The zero-order valence-corrected chi connectivity index (χ0v) is 12.8. The molecular weight excluding hydrogens is 304 g/mol. The van der Waals surface area contributed by atoms with Crippen molar-refractivity contribution in [2.24, 2.45) is 0 Å². The first-order chi connectivity index (χ1) is 10.7. The molecule has 1 fully saturated rings. The van der Waals surface area contributed by atoms with E-state index < -0.39 is 0 Å². The minimum atomic E-state index is -0.309. The molecule has 2 aromatic rings. The largest absolute Gasteiger partial charge is 0.445 e. The predicted molar refractivity (Wildman–Crippen MR) is 86.2 cm³/mol. The molecular formula is C15H17ClN4O2. The van der Waals surface area contributed by atoms with Gasteiger partial charge in [0.15, 0.2) is 0 Å². The molecule has 3 rings (SSSR count). The van der Waals surface area contributed by atoms with Gasteiger partial charge in [0.1, 0.15) is 12.3 Å². The van der Waals surface area contributed by atoms with Crippen LogP contribution in [0.25, 0.3) is 11.0 Å². The third kappa shape index (κ3) is 2.87. The maximum absolute atomic E-state index is 11.8. The number of carbonyl (C=O) groups is 1. The third-order valence-electron chi connectivity index (χ3n) is 3.66. The van der Waals surface area contributed by atoms with Gasteiger partial charge in [-0.05, 0) is 12.5 Å². The summed E-state index contributed by atoms with van der Waals surface area (Å²) in [5, 5.41) is 4.93. The molecule has 6 nitrogen and oxygen atoms in total. The van der Waals surface area contributed by atoms with Crippen LogP contribution in [0.1, 0.15) is 6.42 Å². The van der Waals surface area contributed by atoms with Gasteiger partial charge in [-0.2, -0.15) is 0 Å². The molecule has 1 saturated heterocycles. The number of hydrogen-bond acceptors (Lipinski definition) is 4. The molecule has 22 heavy (non-hydrogen) atoms. The summed E-state index contributed by atoms with van der Waals surface area (Å²) in [6, 6.07) is 2.07. The van der Waals surface area contributed by atoms with Crippen LogP contribution in [-0.4, -0.2) is 46.7 Å². The lowest BCUT2D eigenvalue weighted by atomic mass is 10.2. The van der Waals surface area contributed by atoms with Crippen molar-refractivity contribution in [3.8, 4) is 0 Å². The number of amides is 1. The summed E-state index contributed by atoms with van der Waals surface area (Å²) in [6.07, 6.45) is 5.54. The van der Waals surface area contributed by atoms with Gasteiger partial charge >= 0.3 is 6.09 Å². The molecule has 116 valence electrons. The summed E-state index contributed by atoms with van der Waals surface area (Å²) in [7, 11) is 0. The smallest absolute Gasteiger partial charge is 0.410 e. The third-order valence-corrected chi connectivity index (χ3v) is 3.95. The number of nitrogens with zero attached hydrogens (tertiary/aromatic N) is 2. The lowest BCUT2D eigenvalue weighted by molar-refractivity contribution is 0.121. The summed E-state index contributed by atoms with van der Waals surface area (Å²) >= 11 is 6.25. The molecule has 0 saturated carbocycles. The van der Waals surface area contributed by atoms with E-state index in [1.807, 2.05) is 12.3 Å². The Morgan fingerprint density at radius 2 is 2.55 bits per heavy atom. The summed E-state index contributed by atoms with van der Waals surface area (Å²) in [5.41, 5.74) is 1.63. The second-order valence-electron chi connectivity index (χ2n) is 5.16. The van der Waals surface area contributed by atoms with Gasteiger partial charge in [-0.1, -0.05) is 24.3 Å². The van der Waals surface area contributed by atoms with Crippen molar-refractivity contribution in [3.63, 3.8) is 0 Å². The van der Waals surface area contributed by atoms with Crippen LogP contribution in [0.4, 0.5) is 10.5 Å². The Kier molecular flexibility index (Phi) is 4.20. The van der Waals surface area contributed by atoms with Gasteiger partial charge in [0.25, 0.3) is 0 Å². The molecule has 0 aliphatic carbocycles. The first kappa shape index (κ1) is 14.7. The number of hydrogen-bond donors (Lipinski definition) is 2. The van der Waals surface area contributed by atoms with Crippen LogP contribution in [0.2, 0.25) is 5.02 Å². The molecule has 2 aromatic heterocycles. The van der Waals surface area contributed by atoms with E-state index in [2.05, 4.69) is 21.9 Å². The topological polar surface area (TPSA) is 70.2 Å². The van der Waals surface area contributed by atoms with Crippen molar-refractivity contribution >= 4 is 34.4 Å². The number of H-pyrrole nitrogens is 1. The van der Waals surface area contributed by atoms with Gasteiger partial charge in [0.2, 0.25) is 0 Å². The molecule has 0 radical (unpaired) electrons. The Labute approximate surface area is 133 Å². The van der Waals surface area contributed by atoms with E-state index in [9.17, 15) is 4.79 Å². The van der Waals surface area contributed by atoms with E-state index in [-0.39, 0.29) is 18.7 Å². The van der Waals surface area contributed by atoms with Gasteiger partial charge in [-0.25, -0.2) is 9.78 Å². The number of ether oxygens (including phenoxy) is 1. The monoisotopic (exact) mass is 320 g/mol. The number of carbonyl (C=O) groups excluding carboxylic acids is 1. The Balaban J connectivity index is 1.69. The van der Waals surface area contributed by atoms with Crippen molar-refractivity contribution in [1.82, 2.24) is 14.9 Å². The summed E-state index contributed by atoms with van der Waals surface area (Å²) in [6.45, 7) is 5.00. The average molecular weight is 321 g/mol. The molecule has 1 amide bonds. The lowest BCUT2D eigenvalue weighted by Gasteiger charge is -2.18. The molecule has 7 heteroatoms. The Morgan fingerprint density at radius 3 is 3.36 bits per heavy atom. The first-order valence-corrected chi connectivity index (χ1v) is 7.47. The van der Waals surface area contributed by atoms with Gasteiger partial charge in [-0.3, -0.25) is 0 Å². The highest BCUT2D eigenvalue weighted by atomic mass is 35.5. The summed E-state index contributed by atoms with van der Waals surface area (Å²) in [5.74, 6) is 0. The van der Waals surface area contributed by atoms with Crippen LogP contribution < -0.4 is 5.32 Å². The first-order valence-electron chi connectivity index (χ1n) is 7.09. The number of anilines is 1. The van der Waals surface area contributed by atoms with Crippen LogP contribution in [0.3, 0.4) is 0 Å². The van der Waals surface area contributed by atoms with Crippen LogP contribution in [0.15, 0.2) is 31.1 Å². The molecule has 0 spiro atoms. The van der Waals surface area contributed by atoms with Crippen molar-refractivity contribution in [2.45, 2.75) is 12.5 Å². The fraction of sp³-hybridized carbons (Fsp3) is 0.333. The lowest BCUT2D eigenvalue weighted by Crippen LogP contribution is -2.32. The zero-order chi connectivity index (χ0) is 15.5. The number of aromatic nitrogens is 2. The second-order valence-corrected chi connectivity index (χ2v) is 5.57. The predicted octanol–water partition coefficient (Wildman–Crippen LogP) is 3.03. The number of fused-ring (bicyclic) bond motifs is 1. The Hall–Kier alpha value is -2.21. The zero-order valence-electron chi connectivity index (χ0n) is 12.0. The summed E-state index contributed by atoms with van der Waals surface area (Å²) < 4.78 is 5.06. The highest BCUT2D eigenvalue weighted by Gasteiger charge is 2.27. The molecule has 1 aliphatic rings. The van der Waals surface area contributed by atoms with Gasteiger partial charge in [0.05, 0.1) is 16.9 Å². The van der Waals surface area contributed by atoms with Crippen LogP contribution in [-0.2, 0) is 4.74 Å². The molecule has 0 unspecified atom stereocenters. The van der Waals surface area contributed by atoms with Crippen molar-refractivity contribution < 1.29 is 9.53 Å². The Bertz CT molecular complexity index is 700. The summed E-state index contributed by atoms with van der Waals surface area (Å²) in [4.78, 5) is 20.8. The Morgan fingerprint density at radius 1 is 1.68 bits per heavy atom. The van der Waals surface area contributed by atoms with E-state index in [1.54, 1.807) is 17.2 Å². The molecule has 2 N–H and O–H groups in total. The van der Waals surface area contributed by atoms with E-state index in [4.69, 9.17) is 16.3 Å². The van der Waals surface area contributed by atoms with Crippen LogP contribution >= 0.6 is 11.6 Å². The number of halogens is 1. The minimum Gasteiger partial charge on any atom is -0.445 e. The average Bonchev–Trinajstić information content (AvgIpc) is 3.16. The number of aromatic amines is 1. The number of likely N-dealkylation sites (tertiary alicyclic amines) is 1. The minimum absolute atomic E-state index is 0.134. The van der Waals surface area contributed by atoms with Gasteiger partial charge in [0, 0.05) is 30.7 Å².